The van der Waals surface area contributed by atoms with Gasteiger partial charge in [-0.1, -0.05) is 0 Å². The summed E-state index contributed by atoms with van der Waals surface area (Å²) in [6, 6.07) is 3.65. The van der Waals surface area contributed by atoms with Crippen molar-refractivity contribution in [1.29, 1.82) is 0 Å². The van der Waals surface area contributed by atoms with Gasteiger partial charge in [-0.05, 0) is 12.1 Å². The van der Waals surface area contributed by atoms with E-state index in [4.69, 9.17) is 4.74 Å². The molecule has 0 spiro atoms. The van der Waals surface area contributed by atoms with E-state index in [9.17, 15) is 13.2 Å². The zero-order valence-corrected chi connectivity index (χ0v) is 14.3. The first kappa shape index (κ1) is 17.5. The average molecular weight is 342 g/mol. The first-order valence-corrected chi connectivity index (χ1v) is 9.17. The number of likely N-dealkylation sites (tertiary alicyclic amines) is 1. The van der Waals surface area contributed by atoms with Gasteiger partial charge in [-0.3, -0.25) is 4.79 Å². The van der Waals surface area contributed by atoms with Crippen LogP contribution in [0.4, 0.5) is 5.82 Å². The first-order chi connectivity index (χ1) is 10.8. The van der Waals surface area contributed by atoms with E-state index in [1.165, 1.54) is 0 Å². The number of rotatable bonds is 6. The molecule has 1 saturated heterocycles. The van der Waals surface area contributed by atoms with E-state index in [0.717, 1.165) is 12.1 Å². The zero-order chi connectivity index (χ0) is 17.0. The smallest absolute Gasteiger partial charge is 0.237 e. The molecule has 2 rings (SSSR count). The van der Waals surface area contributed by atoms with Crippen molar-refractivity contribution in [2.45, 2.75) is 12.5 Å². The van der Waals surface area contributed by atoms with Crippen molar-refractivity contribution in [3.8, 4) is 5.75 Å². The van der Waals surface area contributed by atoms with Crippen molar-refractivity contribution in [3.63, 3.8) is 0 Å². The molecule has 1 aliphatic heterocycles. The lowest BCUT2D eigenvalue weighted by Crippen LogP contribution is -2.39. The number of hydrogen-bond donors (Lipinski definition) is 1. The van der Waals surface area contributed by atoms with E-state index < -0.39 is 10.0 Å². The van der Waals surface area contributed by atoms with Crippen LogP contribution in [0.1, 0.15) is 6.42 Å². The van der Waals surface area contributed by atoms with Gasteiger partial charge in [0, 0.05) is 33.3 Å². The molecule has 0 bridgehead atoms. The molecule has 1 aliphatic rings. The number of carbonyl (C=O) groups excluding carboxylic acids is 1. The summed E-state index contributed by atoms with van der Waals surface area (Å²) in [5.74, 6) is 1.16. The van der Waals surface area contributed by atoms with Gasteiger partial charge in [0.25, 0.3) is 0 Å². The summed E-state index contributed by atoms with van der Waals surface area (Å²) in [6.07, 6.45) is 3.30. The summed E-state index contributed by atoms with van der Waals surface area (Å²) < 4.78 is 30.2. The van der Waals surface area contributed by atoms with Crippen LogP contribution in [0.15, 0.2) is 18.3 Å². The molecule has 1 fully saturated rings. The molecule has 1 N–H and O–H groups in total. The summed E-state index contributed by atoms with van der Waals surface area (Å²) in [6.45, 7) is 0.764. The molecule has 9 heteroatoms. The highest BCUT2D eigenvalue weighted by Crippen LogP contribution is 2.26. The molecule has 1 aromatic heterocycles. The highest BCUT2D eigenvalue weighted by atomic mass is 32.2. The molecule has 0 radical (unpaired) electrons. The van der Waals surface area contributed by atoms with Crippen LogP contribution in [0.25, 0.3) is 0 Å². The van der Waals surface area contributed by atoms with Crippen molar-refractivity contribution in [1.82, 2.24) is 14.6 Å². The minimum Gasteiger partial charge on any atom is -0.485 e. The first-order valence-electron chi connectivity index (χ1n) is 7.27. The summed E-state index contributed by atoms with van der Waals surface area (Å²) in [4.78, 5) is 19.7. The van der Waals surface area contributed by atoms with Crippen LogP contribution in [0, 0.1) is 0 Å². The van der Waals surface area contributed by atoms with E-state index in [2.05, 4.69) is 9.71 Å². The number of amides is 1. The third kappa shape index (κ3) is 5.07. The summed E-state index contributed by atoms with van der Waals surface area (Å²) in [7, 11) is 0.402. The van der Waals surface area contributed by atoms with Crippen LogP contribution in [0.3, 0.4) is 0 Å². The van der Waals surface area contributed by atoms with Crippen molar-refractivity contribution in [3.05, 3.63) is 18.3 Å². The van der Waals surface area contributed by atoms with E-state index in [1.807, 2.05) is 25.1 Å². The van der Waals surface area contributed by atoms with Crippen molar-refractivity contribution in [2.24, 2.45) is 0 Å². The van der Waals surface area contributed by atoms with Gasteiger partial charge in [-0.2, -0.15) is 0 Å². The van der Waals surface area contributed by atoms with Crippen LogP contribution in [-0.2, 0) is 14.8 Å². The molecule has 23 heavy (non-hydrogen) atoms. The average Bonchev–Trinajstić information content (AvgIpc) is 2.93. The summed E-state index contributed by atoms with van der Waals surface area (Å²) >= 11 is 0. The number of carbonyl (C=O) groups is 1. The van der Waals surface area contributed by atoms with Gasteiger partial charge in [0.05, 0.1) is 19.3 Å². The second-order valence-corrected chi connectivity index (χ2v) is 7.51. The lowest BCUT2D eigenvalue weighted by molar-refractivity contribution is -0.129. The predicted molar refractivity (Wildman–Crippen MR) is 87.0 cm³/mol. The fraction of sp³-hybridized carbons (Fsp3) is 0.571. The number of aromatic nitrogens is 1. The van der Waals surface area contributed by atoms with Gasteiger partial charge in [-0.15, -0.1) is 0 Å². The molecule has 2 heterocycles. The number of nitrogens with zero attached hydrogens (tertiary/aromatic N) is 3. The van der Waals surface area contributed by atoms with Gasteiger partial charge in [0.2, 0.25) is 15.9 Å². The number of nitrogens with one attached hydrogen (secondary N) is 1. The van der Waals surface area contributed by atoms with Crippen LogP contribution in [0.5, 0.6) is 5.75 Å². The molecular weight excluding hydrogens is 320 g/mol. The Kier molecular flexibility index (Phi) is 5.42. The third-order valence-electron chi connectivity index (χ3n) is 3.45. The molecule has 1 amide bonds. The topological polar surface area (TPSA) is 91.8 Å². The van der Waals surface area contributed by atoms with Gasteiger partial charge >= 0.3 is 0 Å². The number of anilines is 1. The van der Waals surface area contributed by atoms with Crippen LogP contribution in [-0.4, -0.2) is 70.3 Å². The minimum absolute atomic E-state index is 0.125. The number of hydrogen-bond acceptors (Lipinski definition) is 6. The van der Waals surface area contributed by atoms with Crippen molar-refractivity contribution in [2.75, 3.05) is 44.9 Å². The fourth-order valence-electron chi connectivity index (χ4n) is 2.35. The molecule has 128 valence electrons. The Balaban J connectivity index is 1.92. The van der Waals surface area contributed by atoms with Crippen LogP contribution in [0.2, 0.25) is 0 Å². The van der Waals surface area contributed by atoms with Crippen LogP contribution >= 0.6 is 0 Å². The van der Waals surface area contributed by atoms with E-state index in [1.54, 1.807) is 17.2 Å². The van der Waals surface area contributed by atoms with Gasteiger partial charge < -0.3 is 14.5 Å². The minimum atomic E-state index is -3.37. The highest BCUT2D eigenvalue weighted by Gasteiger charge is 2.28. The SMILES string of the molecule is CN(C)c1ncccc1O[C@H]1CCN(C(=O)CNS(C)(=O)=O)C1. The predicted octanol–water partition coefficient (Wildman–Crippen LogP) is -0.323. The fourth-order valence-corrected chi connectivity index (χ4v) is 2.73. The Morgan fingerprint density at radius 3 is 2.91 bits per heavy atom. The largest absolute Gasteiger partial charge is 0.485 e. The maximum atomic E-state index is 12.0. The van der Waals surface area contributed by atoms with Crippen molar-refractivity contribution < 1.29 is 17.9 Å². The highest BCUT2D eigenvalue weighted by molar-refractivity contribution is 7.88. The van der Waals surface area contributed by atoms with E-state index in [0.29, 0.717) is 25.3 Å². The lowest BCUT2D eigenvalue weighted by atomic mass is 10.3. The molecule has 0 aromatic carbocycles. The summed E-state index contributed by atoms with van der Waals surface area (Å²) in [5.41, 5.74) is 0. The number of ether oxygens (including phenoxy) is 1. The Hall–Kier alpha value is -1.87. The Morgan fingerprint density at radius 2 is 2.26 bits per heavy atom. The normalized spacial score (nSPS) is 18.0. The molecule has 0 aliphatic carbocycles. The Bertz CT molecular complexity index is 662. The van der Waals surface area contributed by atoms with Crippen molar-refractivity contribution >= 4 is 21.7 Å². The maximum Gasteiger partial charge on any atom is 0.237 e. The molecule has 0 unspecified atom stereocenters. The molecule has 0 saturated carbocycles. The number of sulfonamides is 1. The monoisotopic (exact) mass is 342 g/mol. The molecular formula is C14H22N4O4S. The summed E-state index contributed by atoms with van der Waals surface area (Å²) in [5, 5.41) is 0. The van der Waals surface area contributed by atoms with Crippen LogP contribution < -0.4 is 14.4 Å². The second-order valence-electron chi connectivity index (χ2n) is 5.68. The zero-order valence-electron chi connectivity index (χ0n) is 13.5. The lowest BCUT2D eigenvalue weighted by Gasteiger charge is -2.20. The Labute approximate surface area is 136 Å². The number of pyridine rings is 1. The van der Waals surface area contributed by atoms with Gasteiger partial charge in [-0.25, -0.2) is 18.1 Å². The quantitative estimate of drug-likeness (QED) is 0.762. The second kappa shape index (κ2) is 7.14. The molecule has 1 aromatic rings. The molecule has 1 atom stereocenters. The van der Waals surface area contributed by atoms with E-state index >= 15 is 0 Å². The molecule has 8 nitrogen and oxygen atoms in total. The van der Waals surface area contributed by atoms with Gasteiger partial charge in [0.1, 0.15) is 6.10 Å². The Morgan fingerprint density at radius 1 is 1.52 bits per heavy atom. The van der Waals surface area contributed by atoms with Gasteiger partial charge in [0.15, 0.2) is 11.6 Å². The third-order valence-corrected chi connectivity index (χ3v) is 4.12. The van der Waals surface area contributed by atoms with E-state index in [-0.39, 0.29) is 18.6 Å². The maximum absolute atomic E-state index is 12.0. The standard InChI is InChI=1S/C14H22N4O4S/c1-17(2)14-12(5-4-7-15-14)22-11-6-8-18(10-11)13(19)9-16-23(3,20)21/h4-5,7,11,16H,6,8-10H2,1-3H3/t11-/m0/s1.